The molecule has 0 bridgehead atoms. The number of hydrogen-bond donors (Lipinski definition) is 2. The van der Waals surface area contributed by atoms with Gasteiger partial charge in [-0.05, 0) is 55.8 Å². The monoisotopic (exact) mass is 397 g/mol. The zero-order valence-corrected chi connectivity index (χ0v) is 16.3. The van der Waals surface area contributed by atoms with Crippen molar-refractivity contribution in [2.24, 2.45) is 5.10 Å². The van der Waals surface area contributed by atoms with Crippen LogP contribution in [0.3, 0.4) is 0 Å². The Morgan fingerprint density at radius 1 is 1.17 bits per heavy atom. The highest BCUT2D eigenvalue weighted by atomic mass is 16.6. The van der Waals surface area contributed by atoms with Gasteiger partial charge < -0.3 is 19.5 Å². The van der Waals surface area contributed by atoms with Gasteiger partial charge in [0.05, 0.1) is 6.21 Å². The molecule has 1 atom stereocenters. The standard InChI is InChI=1S/C21H23N3O5/c1-14(2)23-20(25)13-27-16-9-7-15(8-10-16)11-22-24-21(26)19-12-28-17-5-3-4-6-18(17)29-19/h3-11,14,19H,12-13H2,1-2H3,(H,23,25)(H,24,26)/b22-11-/t19-/m0/s1. The van der Waals surface area contributed by atoms with Gasteiger partial charge in [0, 0.05) is 6.04 Å². The first-order valence-electron chi connectivity index (χ1n) is 9.25. The van der Waals surface area contributed by atoms with E-state index in [1.165, 1.54) is 6.21 Å². The van der Waals surface area contributed by atoms with Crippen LogP contribution in [0, 0.1) is 0 Å². The molecule has 2 N–H and O–H groups in total. The second kappa shape index (κ2) is 9.59. The van der Waals surface area contributed by atoms with E-state index in [0.717, 1.165) is 5.56 Å². The highest BCUT2D eigenvalue weighted by molar-refractivity contribution is 5.85. The number of carbonyl (C=O) groups is 2. The number of nitrogens with one attached hydrogen (secondary N) is 2. The van der Waals surface area contributed by atoms with Crippen molar-refractivity contribution in [1.82, 2.24) is 10.7 Å². The molecule has 8 heteroatoms. The molecule has 0 saturated carbocycles. The molecule has 0 spiro atoms. The Hall–Kier alpha value is -3.55. The van der Waals surface area contributed by atoms with Gasteiger partial charge in [0.15, 0.2) is 18.1 Å². The number of hydrazone groups is 1. The maximum absolute atomic E-state index is 12.2. The molecule has 2 aromatic rings. The summed E-state index contributed by atoms with van der Waals surface area (Å²) in [6.45, 7) is 3.84. The molecule has 3 rings (SSSR count). The van der Waals surface area contributed by atoms with Gasteiger partial charge in [-0.1, -0.05) is 12.1 Å². The topological polar surface area (TPSA) is 98.2 Å². The van der Waals surface area contributed by atoms with Crippen molar-refractivity contribution >= 4 is 18.0 Å². The van der Waals surface area contributed by atoms with Gasteiger partial charge in [-0.15, -0.1) is 0 Å². The molecule has 29 heavy (non-hydrogen) atoms. The predicted molar refractivity (Wildman–Crippen MR) is 107 cm³/mol. The predicted octanol–water partition coefficient (Wildman–Crippen LogP) is 1.88. The summed E-state index contributed by atoms with van der Waals surface area (Å²) in [5.74, 6) is 1.14. The summed E-state index contributed by atoms with van der Waals surface area (Å²) in [4.78, 5) is 23.8. The van der Waals surface area contributed by atoms with Gasteiger partial charge >= 0.3 is 0 Å². The Kier molecular flexibility index (Phi) is 6.67. The van der Waals surface area contributed by atoms with E-state index in [4.69, 9.17) is 14.2 Å². The van der Waals surface area contributed by atoms with Crippen LogP contribution in [0.4, 0.5) is 0 Å². The fourth-order valence-corrected chi connectivity index (χ4v) is 2.55. The summed E-state index contributed by atoms with van der Waals surface area (Å²) >= 11 is 0. The minimum Gasteiger partial charge on any atom is -0.485 e. The maximum Gasteiger partial charge on any atom is 0.284 e. The first-order valence-corrected chi connectivity index (χ1v) is 9.25. The molecule has 0 unspecified atom stereocenters. The molecule has 0 radical (unpaired) electrons. The van der Waals surface area contributed by atoms with E-state index in [1.807, 2.05) is 26.0 Å². The molecule has 8 nitrogen and oxygen atoms in total. The third-order valence-electron chi connectivity index (χ3n) is 3.89. The molecule has 1 aliphatic rings. The second-order valence-corrected chi connectivity index (χ2v) is 6.68. The van der Waals surface area contributed by atoms with Gasteiger partial charge in [0.25, 0.3) is 11.8 Å². The van der Waals surface area contributed by atoms with Crippen molar-refractivity contribution in [1.29, 1.82) is 0 Å². The number of nitrogens with zero attached hydrogens (tertiary/aromatic N) is 1. The third kappa shape index (κ3) is 5.97. The molecule has 1 heterocycles. The SMILES string of the molecule is CC(C)NC(=O)COc1ccc(/C=N\NC(=O)[C@@H]2COc3ccccc3O2)cc1. The van der Waals surface area contributed by atoms with Crippen molar-refractivity contribution in [2.75, 3.05) is 13.2 Å². The summed E-state index contributed by atoms with van der Waals surface area (Å²) < 4.78 is 16.6. The molecular formula is C21H23N3O5. The van der Waals surface area contributed by atoms with E-state index >= 15 is 0 Å². The molecule has 2 aromatic carbocycles. The number of rotatable bonds is 7. The molecule has 1 aliphatic heterocycles. The highest BCUT2D eigenvalue weighted by Crippen LogP contribution is 2.30. The van der Waals surface area contributed by atoms with Crippen LogP contribution in [0.2, 0.25) is 0 Å². The zero-order valence-electron chi connectivity index (χ0n) is 16.3. The summed E-state index contributed by atoms with van der Waals surface area (Å²) in [6.07, 6.45) is 0.736. The Morgan fingerprint density at radius 3 is 2.62 bits per heavy atom. The van der Waals surface area contributed by atoms with E-state index in [0.29, 0.717) is 17.2 Å². The first-order chi connectivity index (χ1) is 14.0. The third-order valence-corrected chi connectivity index (χ3v) is 3.89. The lowest BCUT2D eigenvalue weighted by atomic mass is 10.2. The number of fused-ring (bicyclic) bond motifs is 1. The molecule has 152 valence electrons. The average Bonchev–Trinajstić information content (AvgIpc) is 2.72. The number of ether oxygens (including phenoxy) is 3. The molecular weight excluding hydrogens is 374 g/mol. The van der Waals surface area contributed by atoms with Crippen LogP contribution < -0.4 is 25.0 Å². The first kappa shape index (κ1) is 20.2. The van der Waals surface area contributed by atoms with E-state index in [1.54, 1.807) is 36.4 Å². The lowest BCUT2D eigenvalue weighted by molar-refractivity contribution is -0.130. The van der Waals surface area contributed by atoms with E-state index < -0.39 is 12.0 Å². The van der Waals surface area contributed by atoms with Gasteiger partial charge in [-0.2, -0.15) is 5.10 Å². The Labute approximate surface area is 168 Å². The van der Waals surface area contributed by atoms with Crippen LogP contribution >= 0.6 is 0 Å². The number of hydrogen-bond acceptors (Lipinski definition) is 6. The van der Waals surface area contributed by atoms with Crippen LogP contribution in [0.5, 0.6) is 17.2 Å². The fraction of sp³-hybridized carbons (Fsp3) is 0.286. The Balaban J connectivity index is 1.45. The highest BCUT2D eigenvalue weighted by Gasteiger charge is 2.26. The van der Waals surface area contributed by atoms with Gasteiger partial charge in [0.1, 0.15) is 12.4 Å². The summed E-state index contributed by atoms with van der Waals surface area (Å²) in [6, 6.07) is 14.2. The van der Waals surface area contributed by atoms with E-state index in [9.17, 15) is 9.59 Å². The van der Waals surface area contributed by atoms with Crippen LogP contribution in [-0.4, -0.2) is 43.4 Å². The Bertz CT molecular complexity index is 880. The average molecular weight is 397 g/mol. The van der Waals surface area contributed by atoms with E-state index in [-0.39, 0.29) is 25.2 Å². The van der Waals surface area contributed by atoms with Crippen LogP contribution in [0.25, 0.3) is 0 Å². The number of para-hydroxylation sites is 2. The van der Waals surface area contributed by atoms with Gasteiger partial charge in [-0.3, -0.25) is 9.59 Å². The maximum atomic E-state index is 12.2. The molecule has 0 aliphatic carbocycles. The second-order valence-electron chi connectivity index (χ2n) is 6.68. The van der Waals surface area contributed by atoms with E-state index in [2.05, 4.69) is 15.8 Å². The molecule has 2 amide bonds. The smallest absolute Gasteiger partial charge is 0.284 e. The largest absolute Gasteiger partial charge is 0.485 e. The summed E-state index contributed by atoms with van der Waals surface area (Å²) in [5, 5.41) is 6.70. The summed E-state index contributed by atoms with van der Waals surface area (Å²) in [7, 11) is 0. The van der Waals surface area contributed by atoms with Crippen LogP contribution in [-0.2, 0) is 9.59 Å². The lowest BCUT2D eigenvalue weighted by Gasteiger charge is -2.24. The lowest BCUT2D eigenvalue weighted by Crippen LogP contribution is -2.42. The molecule has 0 aromatic heterocycles. The molecule has 0 fully saturated rings. The number of carbonyl (C=O) groups excluding carboxylic acids is 2. The molecule has 0 saturated heterocycles. The normalized spacial score (nSPS) is 15.2. The van der Waals surface area contributed by atoms with Crippen molar-refractivity contribution in [3.8, 4) is 17.2 Å². The van der Waals surface area contributed by atoms with Gasteiger partial charge in [-0.25, -0.2) is 5.43 Å². The van der Waals surface area contributed by atoms with Crippen LogP contribution in [0.15, 0.2) is 53.6 Å². The summed E-state index contributed by atoms with van der Waals surface area (Å²) in [5.41, 5.74) is 3.21. The fourth-order valence-electron chi connectivity index (χ4n) is 2.55. The quantitative estimate of drug-likeness (QED) is 0.549. The number of amides is 2. The minimum atomic E-state index is -0.769. The van der Waals surface area contributed by atoms with Crippen molar-refractivity contribution in [2.45, 2.75) is 26.0 Å². The van der Waals surface area contributed by atoms with Crippen molar-refractivity contribution < 1.29 is 23.8 Å². The zero-order chi connectivity index (χ0) is 20.6. The van der Waals surface area contributed by atoms with Crippen LogP contribution in [0.1, 0.15) is 19.4 Å². The van der Waals surface area contributed by atoms with Crippen molar-refractivity contribution in [3.63, 3.8) is 0 Å². The minimum absolute atomic E-state index is 0.0474. The number of benzene rings is 2. The Morgan fingerprint density at radius 2 is 1.90 bits per heavy atom. The van der Waals surface area contributed by atoms with Gasteiger partial charge in [0.2, 0.25) is 6.10 Å². The van der Waals surface area contributed by atoms with Crippen molar-refractivity contribution in [3.05, 3.63) is 54.1 Å².